The highest BCUT2D eigenvalue weighted by Crippen LogP contribution is 2.30. The molecule has 0 bridgehead atoms. The molecule has 0 aliphatic rings. The van der Waals surface area contributed by atoms with Crippen LogP contribution in [-0.2, 0) is 6.18 Å². The predicted octanol–water partition coefficient (Wildman–Crippen LogP) is 5.40. The van der Waals surface area contributed by atoms with Gasteiger partial charge in [-0.15, -0.1) is 0 Å². The highest BCUT2D eigenvalue weighted by Gasteiger charge is 2.29. The fraction of sp³-hybridized carbons (Fsp3) is 0.0588. The summed E-state index contributed by atoms with van der Waals surface area (Å²) in [4.78, 5) is 7.81. The predicted molar refractivity (Wildman–Crippen MR) is 86.4 cm³/mol. The number of anilines is 4. The van der Waals surface area contributed by atoms with Crippen LogP contribution in [0.3, 0.4) is 0 Å². The molecule has 3 aromatic rings. The molecule has 10 heteroatoms. The SMILES string of the molecule is Fc1ccc(Nc2nccc(Nc3ccc(C(F)(F)F)cc3)n2)c(F)c1F. The molecule has 0 saturated heterocycles. The molecule has 2 aromatic carbocycles. The van der Waals surface area contributed by atoms with Crippen LogP contribution in [0, 0.1) is 17.5 Å². The van der Waals surface area contributed by atoms with Crippen LogP contribution in [0.15, 0.2) is 48.7 Å². The normalized spacial score (nSPS) is 11.3. The fourth-order valence-electron chi connectivity index (χ4n) is 2.12. The van der Waals surface area contributed by atoms with Crippen LogP contribution < -0.4 is 10.6 Å². The lowest BCUT2D eigenvalue weighted by Crippen LogP contribution is -2.05. The quantitative estimate of drug-likeness (QED) is 0.467. The van der Waals surface area contributed by atoms with E-state index in [1.165, 1.54) is 24.4 Å². The van der Waals surface area contributed by atoms with Gasteiger partial charge in [-0.05, 0) is 42.5 Å². The number of benzene rings is 2. The summed E-state index contributed by atoms with van der Waals surface area (Å²) in [7, 11) is 0. The smallest absolute Gasteiger partial charge is 0.340 e. The Morgan fingerprint density at radius 3 is 2.15 bits per heavy atom. The second-order valence-electron chi connectivity index (χ2n) is 5.31. The topological polar surface area (TPSA) is 49.8 Å². The van der Waals surface area contributed by atoms with Gasteiger partial charge in [0, 0.05) is 11.9 Å². The standard InChI is InChI=1S/C17H10F6N4/c18-11-5-6-12(15(20)14(11)19)26-16-24-8-7-13(27-16)25-10-3-1-9(2-4-10)17(21,22)23/h1-8H,(H2,24,25,26,27). The third kappa shape index (κ3) is 4.27. The van der Waals surface area contributed by atoms with Crippen LogP contribution in [0.5, 0.6) is 0 Å². The van der Waals surface area contributed by atoms with Crippen LogP contribution in [0.4, 0.5) is 49.5 Å². The monoisotopic (exact) mass is 384 g/mol. The van der Waals surface area contributed by atoms with Crippen molar-refractivity contribution in [1.29, 1.82) is 0 Å². The van der Waals surface area contributed by atoms with E-state index in [4.69, 9.17) is 0 Å². The van der Waals surface area contributed by atoms with Crippen molar-refractivity contribution in [3.05, 3.63) is 71.7 Å². The van der Waals surface area contributed by atoms with Crippen molar-refractivity contribution in [3.8, 4) is 0 Å². The molecule has 0 aliphatic heterocycles. The summed E-state index contributed by atoms with van der Waals surface area (Å²) in [6.07, 6.45) is -3.15. The number of hydrogen-bond acceptors (Lipinski definition) is 4. The van der Waals surface area contributed by atoms with E-state index in [1.807, 2.05) is 0 Å². The maximum atomic E-state index is 13.7. The summed E-state index contributed by atoms with van der Waals surface area (Å²) in [5.41, 5.74) is -0.848. The van der Waals surface area contributed by atoms with Gasteiger partial charge in [-0.25, -0.2) is 18.2 Å². The molecule has 4 nitrogen and oxygen atoms in total. The maximum absolute atomic E-state index is 13.7. The molecule has 0 amide bonds. The van der Waals surface area contributed by atoms with Crippen LogP contribution in [-0.4, -0.2) is 9.97 Å². The second-order valence-corrected chi connectivity index (χ2v) is 5.31. The number of aromatic nitrogens is 2. The van der Waals surface area contributed by atoms with E-state index in [0.717, 1.165) is 24.3 Å². The number of nitrogens with zero attached hydrogens (tertiary/aromatic N) is 2. The van der Waals surface area contributed by atoms with E-state index in [1.54, 1.807) is 0 Å². The molecule has 0 fully saturated rings. The number of hydrogen-bond donors (Lipinski definition) is 2. The summed E-state index contributed by atoms with van der Waals surface area (Å²) in [6, 6.07) is 7.38. The van der Waals surface area contributed by atoms with E-state index in [-0.39, 0.29) is 17.5 Å². The van der Waals surface area contributed by atoms with E-state index in [9.17, 15) is 26.3 Å². The molecule has 2 N–H and O–H groups in total. The van der Waals surface area contributed by atoms with E-state index >= 15 is 0 Å². The van der Waals surface area contributed by atoms with Gasteiger partial charge >= 0.3 is 6.18 Å². The summed E-state index contributed by atoms with van der Waals surface area (Å²) < 4.78 is 77.6. The molecule has 0 atom stereocenters. The highest BCUT2D eigenvalue weighted by molar-refractivity contribution is 5.60. The van der Waals surface area contributed by atoms with Crippen LogP contribution in [0.1, 0.15) is 5.56 Å². The highest BCUT2D eigenvalue weighted by atomic mass is 19.4. The van der Waals surface area contributed by atoms with E-state index in [2.05, 4.69) is 20.6 Å². The van der Waals surface area contributed by atoms with Gasteiger partial charge in [0.1, 0.15) is 5.82 Å². The largest absolute Gasteiger partial charge is 0.416 e. The molecule has 0 saturated carbocycles. The van der Waals surface area contributed by atoms with Crippen LogP contribution in [0.25, 0.3) is 0 Å². The van der Waals surface area contributed by atoms with E-state index < -0.39 is 29.2 Å². The number of halogens is 6. The Hall–Kier alpha value is -3.30. The summed E-state index contributed by atoms with van der Waals surface area (Å²) in [5.74, 6) is -4.34. The zero-order valence-electron chi connectivity index (χ0n) is 13.3. The maximum Gasteiger partial charge on any atom is 0.416 e. The summed E-state index contributed by atoms with van der Waals surface area (Å²) in [6.45, 7) is 0. The lowest BCUT2D eigenvalue weighted by atomic mass is 10.2. The molecule has 0 aliphatic carbocycles. The van der Waals surface area contributed by atoms with Gasteiger partial charge in [0.2, 0.25) is 5.95 Å². The van der Waals surface area contributed by atoms with Crippen LogP contribution >= 0.6 is 0 Å². The molecule has 0 radical (unpaired) electrons. The van der Waals surface area contributed by atoms with Crippen molar-refractivity contribution in [2.45, 2.75) is 6.18 Å². The first-order valence-electron chi connectivity index (χ1n) is 7.42. The zero-order valence-corrected chi connectivity index (χ0v) is 13.3. The molecule has 27 heavy (non-hydrogen) atoms. The Labute approximate surface area is 148 Å². The summed E-state index contributed by atoms with van der Waals surface area (Å²) in [5, 5.41) is 5.16. The van der Waals surface area contributed by atoms with Crippen molar-refractivity contribution in [2.75, 3.05) is 10.6 Å². The molecule has 140 valence electrons. The van der Waals surface area contributed by atoms with Crippen molar-refractivity contribution in [1.82, 2.24) is 9.97 Å². The molecule has 1 aromatic heterocycles. The van der Waals surface area contributed by atoms with E-state index in [0.29, 0.717) is 5.69 Å². The van der Waals surface area contributed by atoms with Gasteiger partial charge in [-0.1, -0.05) is 0 Å². The first-order chi connectivity index (χ1) is 12.7. The Morgan fingerprint density at radius 1 is 0.778 bits per heavy atom. The fourth-order valence-corrected chi connectivity index (χ4v) is 2.12. The van der Waals surface area contributed by atoms with Crippen molar-refractivity contribution in [3.63, 3.8) is 0 Å². The van der Waals surface area contributed by atoms with Crippen molar-refractivity contribution >= 4 is 23.1 Å². The molecular weight excluding hydrogens is 374 g/mol. The van der Waals surface area contributed by atoms with Gasteiger partial charge in [0.15, 0.2) is 17.5 Å². The molecular formula is C17H10F6N4. The second kappa shape index (κ2) is 7.14. The van der Waals surface area contributed by atoms with Gasteiger partial charge in [0.05, 0.1) is 11.3 Å². The van der Waals surface area contributed by atoms with Gasteiger partial charge in [0.25, 0.3) is 0 Å². The first-order valence-corrected chi connectivity index (χ1v) is 7.42. The third-order valence-electron chi connectivity index (χ3n) is 3.42. The minimum Gasteiger partial charge on any atom is -0.340 e. The minimum absolute atomic E-state index is 0.128. The Bertz CT molecular complexity index is 957. The van der Waals surface area contributed by atoms with Crippen molar-refractivity contribution < 1.29 is 26.3 Å². The summed E-state index contributed by atoms with van der Waals surface area (Å²) >= 11 is 0. The van der Waals surface area contributed by atoms with Crippen molar-refractivity contribution in [2.24, 2.45) is 0 Å². The Balaban J connectivity index is 1.77. The molecule has 0 spiro atoms. The average Bonchev–Trinajstić information content (AvgIpc) is 2.62. The van der Waals surface area contributed by atoms with Gasteiger partial charge < -0.3 is 10.6 Å². The number of alkyl halides is 3. The average molecular weight is 384 g/mol. The Morgan fingerprint density at radius 2 is 1.48 bits per heavy atom. The molecule has 0 unspecified atom stereocenters. The Kier molecular flexibility index (Phi) is 4.89. The lowest BCUT2D eigenvalue weighted by molar-refractivity contribution is -0.137. The zero-order chi connectivity index (χ0) is 19.6. The van der Waals surface area contributed by atoms with Gasteiger partial charge in [-0.2, -0.15) is 18.2 Å². The molecule has 3 rings (SSSR count). The number of nitrogens with one attached hydrogen (secondary N) is 2. The van der Waals surface area contributed by atoms with Crippen LogP contribution in [0.2, 0.25) is 0 Å². The third-order valence-corrected chi connectivity index (χ3v) is 3.42. The lowest BCUT2D eigenvalue weighted by Gasteiger charge is -2.11. The minimum atomic E-state index is -4.45. The number of rotatable bonds is 4. The molecule has 1 heterocycles. The first kappa shape index (κ1) is 18.5. The van der Waals surface area contributed by atoms with Gasteiger partial charge in [-0.3, -0.25) is 0 Å².